The van der Waals surface area contributed by atoms with E-state index in [0.717, 1.165) is 23.2 Å². The van der Waals surface area contributed by atoms with Gasteiger partial charge in [0.15, 0.2) is 0 Å². The Hall–Kier alpha value is -2.82. The number of carbonyl (C=O) groups is 2. The summed E-state index contributed by atoms with van der Waals surface area (Å²) in [5, 5.41) is 2.94. The van der Waals surface area contributed by atoms with E-state index in [2.05, 4.69) is 11.4 Å². The third kappa shape index (κ3) is 4.04. The van der Waals surface area contributed by atoms with Crippen LogP contribution in [0.3, 0.4) is 0 Å². The molecule has 1 heterocycles. The first-order valence-corrected chi connectivity index (χ1v) is 8.96. The molecule has 1 aliphatic heterocycles. The van der Waals surface area contributed by atoms with E-state index < -0.39 is 0 Å². The second-order valence-corrected chi connectivity index (χ2v) is 6.46. The summed E-state index contributed by atoms with van der Waals surface area (Å²) in [6.45, 7) is 4.69. The monoisotopic (exact) mass is 352 g/mol. The van der Waals surface area contributed by atoms with Crippen molar-refractivity contribution in [2.45, 2.75) is 32.7 Å². The lowest BCUT2D eigenvalue weighted by Gasteiger charge is -2.37. The van der Waals surface area contributed by atoms with Gasteiger partial charge < -0.3 is 15.0 Å². The van der Waals surface area contributed by atoms with Crippen molar-refractivity contribution >= 4 is 17.7 Å². The third-order valence-corrected chi connectivity index (χ3v) is 4.64. The van der Waals surface area contributed by atoms with Gasteiger partial charge in [0.05, 0.1) is 19.1 Å². The summed E-state index contributed by atoms with van der Waals surface area (Å²) in [6.07, 6.45) is 0.934. The summed E-state index contributed by atoms with van der Waals surface area (Å²) in [6, 6.07) is 15.1. The minimum atomic E-state index is -0.315. The van der Waals surface area contributed by atoms with Crippen molar-refractivity contribution in [3.63, 3.8) is 0 Å². The van der Waals surface area contributed by atoms with Crippen molar-refractivity contribution in [2.75, 3.05) is 18.5 Å². The van der Waals surface area contributed by atoms with Gasteiger partial charge in [0.2, 0.25) is 0 Å². The molecule has 26 heavy (non-hydrogen) atoms. The number of ether oxygens (including phenoxy) is 1. The quantitative estimate of drug-likeness (QED) is 0.844. The molecule has 5 heteroatoms. The molecule has 2 amide bonds. The van der Waals surface area contributed by atoms with Crippen LogP contribution < -0.4 is 5.32 Å². The van der Waals surface area contributed by atoms with Gasteiger partial charge in [0.1, 0.15) is 0 Å². The molecule has 0 saturated heterocycles. The number of esters is 1. The zero-order chi connectivity index (χ0) is 18.5. The molecule has 0 bridgehead atoms. The van der Waals surface area contributed by atoms with Gasteiger partial charge in [-0.05, 0) is 43.5 Å². The van der Waals surface area contributed by atoms with E-state index in [1.54, 1.807) is 11.8 Å². The number of carbonyl (C=O) groups excluding carboxylic acids is 2. The zero-order valence-electron chi connectivity index (χ0n) is 15.2. The first-order chi connectivity index (χ1) is 12.6. The van der Waals surface area contributed by atoms with Crippen molar-refractivity contribution in [2.24, 2.45) is 0 Å². The van der Waals surface area contributed by atoms with Gasteiger partial charge in [-0.1, -0.05) is 42.0 Å². The van der Waals surface area contributed by atoms with Gasteiger partial charge in [0, 0.05) is 12.2 Å². The van der Waals surface area contributed by atoms with Crippen molar-refractivity contribution in [1.29, 1.82) is 0 Å². The highest BCUT2D eigenvalue weighted by atomic mass is 16.5. The van der Waals surface area contributed by atoms with Crippen LogP contribution in [0, 0.1) is 6.92 Å². The number of nitrogens with one attached hydrogen (secondary N) is 1. The molecule has 2 aromatic rings. The molecule has 0 unspecified atom stereocenters. The average molecular weight is 352 g/mol. The molecular formula is C21H24N2O3. The number of anilines is 1. The molecule has 5 nitrogen and oxygen atoms in total. The summed E-state index contributed by atoms with van der Waals surface area (Å²) in [7, 11) is 0. The number of aryl methyl sites for hydroxylation is 1. The van der Waals surface area contributed by atoms with Crippen molar-refractivity contribution in [3.05, 3.63) is 65.2 Å². The van der Waals surface area contributed by atoms with E-state index in [-0.39, 0.29) is 24.5 Å². The second-order valence-electron chi connectivity index (χ2n) is 6.46. The highest BCUT2D eigenvalue weighted by Gasteiger charge is 2.32. The molecule has 2 aromatic carbocycles. The highest BCUT2D eigenvalue weighted by Crippen LogP contribution is 2.33. The van der Waals surface area contributed by atoms with Gasteiger partial charge in [0.25, 0.3) is 0 Å². The average Bonchev–Trinajstić information content (AvgIpc) is 2.64. The lowest BCUT2D eigenvalue weighted by Crippen LogP contribution is -2.43. The van der Waals surface area contributed by atoms with Crippen molar-refractivity contribution in [3.8, 4) is 0 Å². The van der Waals surface area contributed by atoms with Gasteiger partial charge in [-0.15, -0.1) is 0 Å². The second kappa shape index (κ2) is 8.04. The van der Waals surface area contributed by atoms with E-state index in [0.29, 0.717) is 13.2 Å². The normalized spacial score (nSPS) is 15.9. The molecule has 0 aliphatic carbocycles. The summed E-state index contributed by atoms with van der Waals surface area (Å²) in [5.41, 5.74) is 4.08. The molecule has 136 valence electrons. The van der Waals surface area contributed by atoms with Crippen LogP contribution in [0.2, 0.25) is 0 Å². The number of fused-ring (bicyclic) bond motifs is 1. The topological polar surface area (TPSA) is 58.6 Å². The molecule has 0 spiro atoms. The molecule has 0 saturated carbocycles. The van der Waals surface area contributed by atoms with E-state index in [9.17, 15) is 9.59 Å². The lowest BCUT2D eigenvalue weighted by atomic mass is 9.91. The maximum atomic E-state index is 12.9. The molecule has 1 N–H and O–H groups in total. The van der Waals surface area contributed by atoms with Crippen LogP contribution >= 0.6 is 0 Å². The first kappa shape index (κ1) is 18.0. The molecule has 1 aliphatic rings. The number of hydrogen-bond acceptors (Lipinski definition) is 3. The Kier molecular flexibility index (Phi) is 5.56. The fraction of sp³-hybridized carbons (Fsp3) is 0.333. The predicted molar refractivity (Wildman–Crippen MR) is 101 cm³/mol. The SMILES string of the molecule is CCOC(=O)C[C@@H]1c2ccccc2CCN1C(=O)Nc1ccc(C)cc1. The zero-order valence-corrected chi connectivity index (χ0v) is 15.2. The van der Waals surface area contributed by atoms with Crippen molar-refractivity contribution in [1.82, 2.24) is 4.90 Å². The standard InChI is InChI=1S/C21H24N2O3/c1-3-26-20(24)14-19-18-7-5-4-6-16(18)12-13-23(19)21(25)22-17-10-8-15(2)9-11-17/h4-11,19H,3,12-14H2,1-2H3,(H,22,25)/t19-/m1/s1. The van der Waals surface area contributed by atoms with Crippen molar-refractivity contribution < 1.29 is 14.3 Å². The molecule has 0 radical (unpaired) electrons. The minimum Gasteiger partial charge on any atom is -0.466 e. The van der Waals surface area contributed by atoms with E-state index in [1.165, 1.54) is 5.56 Å². The summed E-state index contributed by atoms with van der Waals surface area (Å²) >= 11 is 0. The molecule has 0 aromatic heterocycles. The Morgan fingerprint density at radius 1 is 1.15 bits per heavy atom. The number of urea groups is 1. The number of nitrogens with zero attached hydrogens (tertiary/aromatic N) is 1. The van der Waals surface area contributed by atoms with Crippen LogP contribution in [-0.4, -0.2) is 30.1 Å². The Morgan fingerprint density at radius 3 is 2.62 bits per heavy atom. The lowest BCUT2D eigenvalue weighted by molar-refractivity contribution is -0.144. The Bertz CT molecular complexity index is 786. The highest BCUT2D eigenvalue weighted by molar-refractivity contribution is 5.90. The molecule has 0 fully saturated rings. The summed E-state index contributed by atoms with van der Waals surface area (Å²) in [4.78, 5) is 26.7. The van der Waals surface area contributed by atoms with Gasteiger partial charge in [-0.3, -0.25) is 4.79 Å². The van der Waals surface area contributed by atoms with Crippen LogP contribution in [0.5, 0.6) is 0 Å². The third-order valence-electron chi connectivity index (χ3n) is 4.64. The number of benzene rings is 2. The predicted octanol–water partition coefficient (Wildman–Crippen LogP) is 4.08. The Balaban J connectivity index is 1.82. The molecule has 1 atom stereocenters. The molecule has 3 rings (SSSR count). The first-order valence-electron chi connectivity index (χ1n) is 8.96. The van der Waals surface area contributed by atoms with Crippen LogP contribution in [-0.2, 0) is 16.0 Å². The largest absolute Gasteiger partial charge is 0.466 e. The van der Waals surface area contributed by atoms with E-state index in [1.807, 2.05) is 49.4 Å². The maximum Gasteiger partial charge on any atom is 0.322 e. The number of amides is 2. The number of rotatable bonds is 4. The van der Waals surface area contributed by atoms with Crippen LogP contribution in [0.4, 0.5) is 10.5 Å². The van der Waals surface area contributed by atoms with Gasteiger partial charge >= 0.3 is 12.0 Å². The van der Waals surface area contributed by atoms with Gasteiger partial charge in [-0.25, -0.2) is 4.79 Å². The minimum absolute atomic E-state index is 0.159. The molecular weight excluding hydrogens is 328 g/mol. The van der Waals surface area contributed by atoms with E-state index >= 15 is 0 Å². The fourth-order valence-electron chi connectivity index (χ4n) is 3.32. The van der Waals surface area contributed by atoms with E-state index in [4.69, 9.17) is 4.74 Å². The van der Waals surface area contributed by atoms with Gasteiger partial charge in [-0.2, -0.15) is 0 Å². The smallest absolute Gasteiger partial charge is 0.322 e. The maximum absolute atomic E-state index is 12.9. The number of hydrogen-bond donors (Lipinski definition) is 1. The Morgan fingerprint density at radius 2 is 1.88 bits per heavy atom. The van der Waals surface area contributed by atoms with Crippen LogP contribution in [0.15, 0.2) is 48.5 Å². The summed E-state index contributed by atoms with van der Waals surface area (Å²) in [5.74, 6) is -0.290. The Labute approximate surface area is 154 Å². The van der Waals surface area contributed by atoms with Crippen LogP contribution in [0.1, 0.15) is 36.1 Å². The van der Waals surface area contributed by atoms with Crippen LogP contribution in [0.25, 0.3) is 0 Å². The fourth-order valence-corrected chi connectivity index (χ4v) is 3.32. The summed E-state index contributed by atoms with van der Waals surface area (Å²) < 4.78 is 5.12.